The molecule has 0 saturated carbocycles. The minimum atomic E-state index is -1.42. The van der Waals surface area contributed by atoms with Crippen molar-refractivity contribution in [3.63, 3.8) is 0 Å². The fourth-order valence-corrected chi connectivity index (χ4v) is 3.93. The number of esters is 2. The zero-order valence-electron chi connectivity index (χ0n) is 17.8. The number of benzene rings is 2. The van der Waals surface area contributed by atoms with E-state index in [0.717, 1.165) is 33.1 Å². The lowest BCUT2D eigenvalue weighted by Gasteiger charge is -2.26. The Balaban J connectivity index is 1.44. The molecule has 0 aliphatic heterocycles. The minimum Gasteiger partial charge on any atom is -0.390 e. The lowest BCUT2D eigenvalue weighted by atomic mass is 9.92. The van der Waals surface area contributed by atoms with E-state index in [9.17, 15) is 9.59 Å². The molecular formula is C23H25N5O3S. The second-order valence-electron chi connectivity index (χ2n) is 8.72. The highest BCUT2D eigenvalue weighted by Crippen LogP contribution is 2.21. The summed E-state index contributed by atoms with van der Waals surface area (Å²) in [5.41, 5.74) is 13.9. The number of fused-ring (bicyclic) bond motifs is 2. The zero-order valence-corrected chi connectivity index (χ0v) is 18.6. The first-order valence-corrected chi connectivity index (χ1v) is 10.6. The molecule has 0 radical (unpaired) electrons. The highest BCUT2D eigenvalue weighted by molar-refractivity contribution is 7.71. The van der Waals surface area contributed by atoms with Gasteiger partial charge in [0.15, 0.2) is 4.77 Å². The van der Waals surface area contributed by atoms with Gasteiger partial charge < -0.3 is 31.2 Å². The number of hydrogen-bond donors (Lipinski definition) is 5. The van der Waals surface area contributed by atoms with E-state index in [2.05, 4.69) is 15.0 Å². The van der Waals surface area contributed by atoms with Crippen LogP contribution in [0.5, 0.6) is 0 Å². The van der Waals surface area contributed by atoms with E-state index in [1.807, 2.05) is 48.7 Å². The summed E-state index contributed by atoms with van der Waals surface area (Å²) in [6.07, 6.45) is 2.23. The Morgan fingerprint density at radius 2 is 1.44 bits per heavy atom. The van der Waals surface area contributed by atoms with Gasteiger partial charge in [0.2, 0.25) is 0 Å². The lowest BCUT2D eigenvalue weighted by Crippen LogP contribution is -2.54. The molecule has 7 N–H and O–H groups in total. The first-order valence-electron chi connectivity index (χ1n) is 10.1. The van der Waals surface area contributed by atoms with Crippen LogP contribution in [0.15, 0.2) is 48.7 Å². The lowest BCUT2D eigenvalue weighted by molar-refractivity contribution is -0.166. The maximum Gasteiger partial charge on any atom is 0.333 e. The van der Waals surface area contributed by atoms with Crippen LogP contribution < -0.4 is 11.5 Å². The Hall–Kier alpha value is -3.27. The smallest absolute Gasteiger partial charge is 0.333 e. The number of hydrogen-bond acceptors (Lipinski definition) is 6. The number of nitrogens with two attached hydrogens (primary N) is 2. The number of imidazole rings is 1. The first-order chi connectivity index (χ1) is 15.0. The average Bonchev–Trinajstić information content (AvgIpc) is 3.31. The molecule has 0 aliphatic rings. The number of H-pyrrole nitrogens is 3. The summed E-state index contributed by atoms with van der Waals surface area (Å²) in [5.74, 6) is -1.65. The molecule has 32 heavy (non-hydrogen) atoms. The number of ether oxygens (including phenoxy) is 1. The normalized spacial score (nSPS) is 15.4. The van der Waals surface area contributed by atoms with Crippen molar-refractivity contribution < 1.29 is 14.3 Å². The fraction of sp³-hybridized carbons (Fsp3) is 0.261. The summed E-state index contributed by atoms with van der Waals surface area (Å²) in [4.78, 5) is 34.6. The van der Waals surface area contributed by atoms with Gasteiger partial charge in [-0.05, 0) is 72.9 Å². The van der Waals surface area contributed by atoms with Gasteiger partial charge in [-0.3, -0.25) is 0 Å². The zero-order chi connectivity index (χ0) is 23.1. The van der Waals surface area contributed by atoms with Gasteiger partial charge in [0.25, 0.3) is 0 Å². The second-order valence-corrected chi connectivity index (χ2v) is 9.13. The number of carbonyl (C=O) groups excluding carboxylic acids is 2. The maximum absolute atomic E-state index is 12.7. The molecule has 0 fully saturated rings. The number of rotatable bonds is 6. The second kappa shape index (κ2) is 8.01. The van der Waals surface area contributed by atoms with Gasteiger partial charge in [0.1, 0.15) is 11.1 Å². The van der Waals surface area contributed by atoms with Crippen molar-refractivity contribution in [1.82, 2.24) is 15.0 Å². The van der Waals surface area contributed by atoms with Gasteiger partial charge in [0.05, 0.1) is 11.0 Å². The van der Waals surface area contributed by atoms with Crippen molar-refractivity contribution in [3.05, 3.63) is 64.6 Å². The molecule has 2 atom stereocenters. The molecular weight excluding hydrogens is 426 g/mol. The molecule has 0 saturated heterocycles. The third-order valence-electron chi connectivity index (χ3n) is 5.46. The van der Waals surface area contributed by atoms with E-state index in [-0.39, 0.29) is 12.8 Å². The Morgan fingerprint density at radius 3 is 2.09 bits per heavy atom. The highest BCUT2D eigenvalue weighted by atomic mass is 32.1. The van der Waals surface area contributed by atoms with Gasteiger partial charge in [-0.2, -0.15) is 0 Å². The summed E-state index contributed by atoms with van der Waals surface area (Å²) >= 11 is 5.09. The topological polar surface area (TPSA) is 143 Å². The molecule has 4 rings (SSSR count). The summed E-state index contributed by atoms with van der Waals surface area (Å²) in [7, 11) is 0. The SMILES string of the molecule is C[C@](N)(Cc1ccc2[nH]ccc2c1)C(=O)OC(=O)[C@@](C)(N)Cc1ccc2[nH]c(=S)[nH]c2c1. The number of carbonyl (C=O) groups is 2. The Labute approximate surface area is 189 Å². The maximum atomic E-state index is 12.7. The van der Waals surface area contributed by atoms with Crippen LogP contribution in [-0.2, 0) is 27.2 Å². The summed E-state index contributed by atoms with van der Waals surface area (Å²) < 4.78 is 5.63. The largest absolute Gasteiger partial charge is 0.390 e. The molecule has 2 heterocycles. The van der Waals surface area contributed by atoms with Crippen LogP contribution in [-0.4, -0.2) is 38.0 Å². The van der Waals surface area contributed by atoms with Crippen molar-refractivity contribution >= 4 is 46.1 Å². The molecule has 0 unspecified atom stereocenters. The van der Waals surface area contributed by atoms with E-state index in [1.165, 1.54) is 6.92 Å². The van der Waals surface area contributed by atoms with Crippen LogP contribution in [0.2, 0.25) is 0 Å². The Morgan fingerprint density at radius 1 is 0.875 bits per heavy atom. The minimum absolute atomic E-state index is 0.173. The molecule has 2 aromatic carbocycles. The van der Waals surface area contributed by atoms with E-state index >= 15 is 0 Å². The quantitative estimate of drug-likeness (QED) is 0.173. The van der Waals surface area contributed by atoms with Gasteiger partial charge in [-0.25, -0.2) is 9.59 Å². The molecule has 0 spiro atoms. The summed E-state index contributed by atoms with van der Waals surface area (Å²) in [5, 5.41) is 1.01. The highest BCUT2D eigenvalue weighted by Gasteiger charge is 2.38. The third kappa shape index (κ3) is 4.50. The molecule has 0 bridgehead atoms. The van der Waals surface area contributed by atoms with E-state index < -0.39 is 23.0 Å². The molecule has 0 aliphatic carbocycles. The number of aromatic nitrogens is 3. The standard InChI is InChI=1S/C23H25N5O3S/c1-22(24,11-13-3-5-16-15(9-13)7-8-26-16)19(29)31-20(30)23(2,25)12-14-4-6-17-18(10-14)28-21(32)27-17/h3-10,26H,11-12,24-25H2,1-2H3,(H2,27,28,32)/t22-,23-/m0/s1. The van der Waals surface area contributed by atoms with Gasteiger partial charge in [-0.1, -0.05) is 12.1 Å². The monoisotopic (exact) mass is 451 g/mol. The van der Waals surface area contributed by atoms with Gasteiger partial charge in [0, 0.05) is 24.6 Å². The predicted octanol–water partition coefficient (Wildman–Crippen LogP) is 3.00. The Bertz CT molecular complexity index is 1380. The van der Waals surface area contributed by atoms with Crippen LogP contribution in [0, 0.1) is 4.77 Å². The van der Waals surface area contributed by atoms with Crippen LogP contribution in [0.25, 0.3) is 21.9 Å². The summed E-state index contributed by atoms with van der Waals surface area (Å²) in [6.45, 7) is 3.07. The molecule has 8 nitrogen and oxygen atoms in total. The van der Waals surface area contributed by atoms with E-state index in [1.54, 1.807) is 6.92 Å². The van der Waals surface area contributed by atoms with Crippen LogP contribution >= 0.6 is 12.2 Å². The van der Waals surface area contributed by atoms with Crippen LogP contribution in [0.1, 0.15) is 25.0 Å². The third-order valence-corrected chi connectivity index (χ3v) is 5.66. The van der Waals surface area contributed by atoms with Gasteiger partial charge >= 0.3 is 11.9 Å². The van der Waals surface area contributed by atoms with Crippen molar-refractivity contribution in [2.45, 2.75) is 37.8 Å². The van der Waals surface area contributed by atoms with E-state index in [4.69, 9.17) is 28.4 Å². The van der Waals surface area contributed by atoms with Crippen molar-refractivity contribution in [2.75, 3.05) is 0 Å². The number of nitrogens with one attached hydrogen (secondary N) is 3. The molecule has 2 aromatic heterocycles. The average molecular weight is 452 g/mol. The fourth-order valence-electron chi connectivity index (χ4n) is 3.71. The van der Waals surface area contributed by atoms with Crippen molar-refractivity contribution in [1.29, 1.82) is 0 Å². The van der Waals surface area contributed by atoms with Gasteiger partial charge in [-0.15, -0.1) is 0 Å². The molecule has 0 amide bonds. The molecule has 9 heteroatoms. The predicted molar refractivity (Wildman–Crippen MR) is 125 cm³/mol. The first kappa shape index (κ1) is 21.9. The van der Waals surface area contributed by atoms with Crippen molar-refractivity contribution in [2.24, 2.45) is 11.5 Å². The number of aromatic amines is 3. The summed E-state index contributed by atoms with van der Waals surface area (Å²) in [6, 6.07) is 13.2. The molecule has 166 valence electrons. The van der Waals surface area contributed by atoms with Crippen LogP contribution in [0.3, 0.4) is 0 Å². The molecule has 4 aromatic rings. The van der Waals surface area contributed by atoms with Crippen LogP contribution in [0.4, 0.5) is 0 Å². The Kier molecular flexibility index (Phi) is 5.49. The van der Waals surface area contributed by atoms with E-state index in [0.29, 0.717) is 4.77 Å². The van der Waals surface area contributed by atoms with Crippen molar-refractivity contribution in [3.8, 4) is 0 Å².